The van der Waals surface area contributed by atoms with E-state index in [0.29, 0.717) is 51.5 Å². The first-order chi connectivity index (χ1) is 14.9. The highest BCUT2D eigenvalue weighted by Gasteiger charge is 2.14. The molecule has 0 saturated carbocycles. The predicted octanol–water partition coefficient (Wildman–Crippen LogP) is 6.33. The Morgan fingerprint density at radius 2 is 1.90 bits per heavy atom. The average molecular weight is 460 g/mol. The van der Waals surface area contributed by atoms with Gasteiger partial charge in [0.1, 0.15) is 17.9 Å². The lowest BCUT2D eigenvalue weighted by Crippen LogP contribution is -2.23. The van der Waals surface area contributed by atoms with Gasteiger partial charge in [0.15, 0.2) is 0 Å². The fourth-order valence-corrected chi connectivity index (χ4v) is 3.51. The van der Waals surface area contributed by atoms with Gasteiger partial charge in [0.05, 0.1) is 17.2 Å². The Hall–Kier alpha value is -2.89. The quantitative estimate of drug-likeness (QED) is 0.400. The smallest absolute Gasteiger partial charge is 0.253 e. The molecule has 160 valence electrons. The van der Waals surface area contributed by atoms with Crippen molar-refractivity contribution < 1.29 is 18.7 Å². The van der Waals surface area contributed by atoms with Crippen molar-refractivity contribution in [3.05, 3.63) is 87.2 Å². The molecular formula is C24H20Cl2FNO3. The summed E-state index contributed by atoms with van der Waals surface area (Å²) in [6.45, 7) is 2.62. The molecule has 0 bridgehead atoms. The van der Waals surface area contributed by atoms with E-state index >= 15 is 0 Å². The number of ether oxygens (including phenoxy) is 1. The monoisotopic (exact) mass is 459 g/mol. The largest absolute Gasteiger partial charge is 0.493 e. The van der Waals surface area contributed by atoms with Crippen molar-refractivity contribution in [1.82, 2.24) is 5.32 Å². The molecule has 0 aliphatic rings. The fraction of sp³-hybridized carbons (Fsp3) is 0.167. The van der Waals surface area contributed by atoms with E-state index in [-0.39, 0.29) is 17.5 Å². The molecular weight excluding hydrogens is 440 g/mol. The third kappa shape index (κ3) is 5.63. The summed E-state index contributed by atoms with van der Waals surface area (Å²) in [6, 6.07) is 14.0. The standard InChI is InChI=1S/C24H20Cl2FNO3/c1-2-9-31-23-8-4-16(20-10-15(14-29)3-7-22(20)27)11-17(23)13-28-24(30)19-6-5-18(25)12-21(19)26/h3-8,10-12,14H,2,9,13H2,1H3,(H,28,30). The summed E-state index contributed by atoms with van der Waals surface area (Å²) in [7, 11) is 0. The third-order valence-corrected chi connectivity index (χ3v) is 5.12. The number of hydrogen-bond acceptors (Lipinski definition) is 3. The minimum atomic E-state index is -0.448. The molecule has 0 aliphatic heterocycles. The van der Waals surface area contributed by atoms with Crippen LogP contribution in [-0.2, 0) is 6.54 Å². The van der Waals surface area contributed by atoms with Gasteiger partial charge in [-0.3, -0.25) is 9.59 Å². The summed E-state index contributed by atoms with van der Waals surface area (Å²) in [5, 5.41) is 3.49. The Morgan fingerprint density at radius 1 is 1.10 bits per heavy atom. The van der Waals surface area contributed by atoms with Gasteiger partial charge in [-0.05, 0) is 60.5 Å². The number of carbonyl (C=O) groups excluding carboxylic acids is 2. The van der Waals surface area contributed by atoms with Crippen LogP contribution in [0.15, 0.2) is 54.6 Å². The highest BCUT2D eigenvalue weighted by Crippen LogP contribution is 2.30. The topological polar surface area (TPSA) is 55.4 Å². The van der Waals surface area contributed by atoms with E-state index in [1.807, 2.05) is 6.92 Å². The number of rotatable bonds is 8. The van der Waals surface area contributed by atoms with E-state index in [1.54, 1.807) is 30.3 Å². The van der Waals surface area contributed by atoms with E-state index in [1.165, 1.54) is 24.3 Å². The number of nitrogens with one attached hydrogen (secondary N) is 1. The van der Waals surface area contributed by atoms with Crippen molar-refractivity contribution in [3.63, 3.8) is 0 Å². The van der Waals surface area contributed by atoms with E-state index in [0.717, 1.165) is 6.42 Å². The molecule has 0 fully saturated rings. The van der Waals surface area contributed by atoms with Gasteiger partial charge in [-0.15, -0.1) is 0 Å². The van der Waals surface area contributed by atoms with Gasteiger partial charge in [-0.2, -0.15) is 0 Å². The molecule has 0 atom stereocenters. The Labute approximate surface area is 189 Å². The second-order valence-electron chi connectivity index (χ2n) is 6.83. The number of carbonyl (C=O) groups is 2. The molecule has 4 nitrogen and oxygen atoms in total. The molecule has 3 rings (SSSR count). The van der Waals surface area contributed by atoms with Crippen LogP contribution < -0.4 is 10.1 Å². The van der Waals surface area contributed by atoms with Crippen LogP contribution in [0.4, 0.5) is 4.39 Å². The normalized spacial score (nSPS) is 10.6. The van der Waals surface area contributed by atoms with Crippen LogP contribution in [0.5, 0.6) is 5.75 Å². The first kappa shape index (κ1) is 22.8. The van der Waals surface area contributed by atoms with Gasteiger partial charge in [0.2, 0.25) is 0 Å². The molecule has 0 aliphatic carbocycles. The second kappa shape index (κ2) is 10.4. The molecule has 0 radical (unpaired) electrons. The lowest BCUT2D eigenvalue weighted by molar-refractivity contribution is 0.0950. The number of halogens is 3. The van der Waals surface area contributed by atoms with Crippen LogP contribution in [0.2, 0.25) is 10.0 Å². The van der Waals surface area contributed by atoms with Crippen LogP contribution in [0, 0.1) is 5.82 Å². The lowest BCUT2D eigenvalue weighted by atomic mass is 10.00. The van der Waals surface area contributed by atoms with E-state index in [4.69, 9.17) is 27.9 Å². The fourth-order valence-electron chi connectivity index (χ4n) is 3.02. The van der Waals surface area contributed by atoms with Crippen molar-refractivity contribution in [2.45, 2.75) is 19.9 Å². The maximum atomic E-state index is 14.4. The van der Waals surface area contributed by atoms with Gasteiger partial charge in [0, 0.05) is 28.3 Å². The number of benzene rings is 3. The van der Waals surface area contributed by atoms with Crippen LogP contribution in [0.1, 0.15) is 39.6 Å². The first-order valence-corrected chi connectivity index (χ1v) is 10.4. The number of hydrogen-bond donors (Lipinski definition) is 1. The van der Waals surface area contributed by atoms with Gasteiger partial charge in [-0.25, -0.2) is 4.39 Å². The molecule has 0 unspecified atom stereocenters. The minimum Gasteiger partial charge on any atom is -0.493 e. The summed E-state index contributed by atoms with van der Waals surface area (Å²) in [4.78, 5) is 23.7. The Balaban J connectivity index is 1.90. The molecule has 0 heterocycles. The molecule has 3 aromatic carbocycles. The second-order valence-corrected chi connectivity index (χ2v) is 7.68. The number of amides is 1. The molecule has 0 aromatic heterocycles. The highest BCUT2D eigenvalue weighted by atomic mass is 35.5. The van der Waals surface area contributed by atoms with Crippen LogP contribution in [0.3, 0.4) is 0 Å². The maximum absolute atomic E-state index is 14.4. The van der Waals surface area contributed by atoms with Gasteiger partial charge < -0.3 is 10.1 Å². The lowest BCUT2D eigenvalue weighted by Gasteiger charge is -2.15. The predicted molar refractivity (Wildman–Crippen MR) is 121 cm³/mol. The maximum Gasteiger partial charge on any atom is 0.253 e. The van der Waals surface area contributed by atoms with Crippen molar-refractivity contribution >= 4 is 35.4 Å². The van der Waals surface area contributed by atoms with Crippen molar-refractivity contribution in [3.8, 4) is 16.9 Å². The molecule has 1 amide bonds. The summed E-state index contributed by atoms with van der Waals surface area (Å²) in [6.07, 6.45) is 1.47. The van der Waals surface area contributed by atoms with Crippen molar-refractivity contribution in [2.24, 2.45) is 0 Å². The summed E-state index contributed by atoms with van der Waals surface area (Å²) >= 11 is 12.0. The third-order valence-electron chi connectivity index (χ3n) is 4.57. The Bertz CT molecular complexity index is 1120. The van der Waals surface area contributed by atoms with Crippen LogP contribution in [-0.4, -0.2) is 18.8 Å². The average Bonchev–Trinajstić information content (AvgIpc) is 2.76. The Morgan fingerprint density at radius 3 is 2.61 bits per heavy atom. The zero-order valence-corrected chi connectivity index (χ0v) is 18.3. The molecule has 0 spiro atoms. The molecule has 3 aromatic rings. The Kier molecular flexibility index (Phi) is 7.66. The molecule has 7 heteroatoms. The minimum absolute atomic E-state index is 0.139. The van der Waals surface area contributed by atoms with Gasteiger partial charge in [0.25, 0.3) is 5.91 Å². The summed E-state index contributed by atoms with van der Waals surface area (Å²) in [5.41, 5.74) is 2.19. The molecule has 31 heavy (non-hydrogen) atoms. The van der Waals surface area contributed by atoms with Crippen molar-refractivity contribution in [1.29, 1.82) is 0 Å². The highest BCUT2D eigenvalue weighted by molar-refractivity contribution is 6.36. The SMILES string of the molecule is CCCOc1ccc(-c2cc(C=O)ccc2F)cc1CNC(=O)c1ccc(Cl)cc1Cl. The van der Waals surface area contributed by atoms with Crippen LogP contribution >= 0.6 is 23.2 Å². The van der Waals surface area contributed by atoms with Gasteiger partial charge in [-0.1, -0.05) is 36.2 Å². The van der Waals surface area contributed by atoms with E-state index < -0.39 is 5.82 Å². The first-order valence-electron chi connectivity index (χ1n) is 9.67. The summed E-state index contributed by atoms with van der Waals surface area (Å²) in [5.74, 6) is -0.238. The zero-order valence-electron chi connectivity index (χ0n) is 16.8. The van der Waals surface area contributed by atoms with Gasteiger partial charge >= 0.3 is 0 Å². The number of aldehydes is 1. The molecule has 1 N–H and O–H groups in total. The summed E-state index contributed by atoms with van der Waals surface area (Å²) < 4.78 is 20.2. The molecule has 0 saturated heterocycles. The van der Waals surface area contributed by atoms with E-state index in [2.05, 4.69) is 5.32 Å². The van der Waals surface area contributed by atoms with Crippen LogP contribution in [0.25, 0.3) is 11.1 Å². The van der Waals surface area contributed by atoms with Crippen molar-refractivity contribution in [2.75, 3.05) is 6.61 Å². The zero-order chi connectivity index (χ0) is 22.4. The van der Waals surface area contributed by atoms with E-state index in [9.17, 15) is 14.0 Å².